The van der Waals surface area contributed by atoms with Gasteiger partial charge < -0.3 is 20.9 Å². The van der Waals surface area contributed by atoms with Crippen molar-refractivity contribution < 1.29 is 4.79 Å². The Kier molecular flexibility index (Phi) is 5.24. The molecular weight excluding hydrogens is 194 g/mol. The second-order valence-electron chi connectivity index (χ2n) is 3.20. The normalized spacial score (nSPS) is 10.1. The molecule has 0 spiro atoms. The summed E-state index contributed by atoms with van der Waals surface area (Å²) in [4.78, 5) is 14.3. The Morgan fingerprint density at radius 3 is 2.93 bits per heavy atom. The van der Waals surface area contributed by atoms with Gasteiger partial charge in [0.05, 0.1) is 6.33 Å². The van der Waals surface area contributed by atoms with Crippen LogP contribution in [-0.4, -0.2) is 35.2 Å². The topological polar surface area (TPSA) is 85.0 Å². The van der Waals surface area contributed by atoms with Crippen LogP contribution >= 0.6 is 0 Å². The quantitative estimate of drug-likeness (QED) is 0.533. The SMILES string of the molecule is NC(=O)NCCNCCCn1ccnc1. The number of hydrogen-bond acceptors (Lipinski definition) is 3. The summed E-state index contributed by atoms with van der Waals surface area (Å²) in [5.74, 6) is 0. The second-order valence-corrected chi connectivity index (χ2v) is 3.20. The number of rotatable bonds is 7. The largest absolute Gasteiger partial charge is 0.352 e. The summed E-state index contributed by atoms with van der Waals surface area (Å²) in [5.41, 5.74) is 4.91. The van der Waals surface area contributed by atoms with E-state index < -0.39 is 6.03 Å². The minimum absolute atomic E-state index is 0.477. The van der Waals surface area contributed by atoms with Crippen LogP contribution in [0.4, 0.5) is 4.79 Å². The first-order valence-corrected chi connectivity index (χ1v) is 4.99. The molecule has 1 heterocycles. The second kappa shape index (κ2) is 6.83. The molecule has 0 radical (unpaired) electrons. The molecule has 0 aromatic carbocycles. The van der Waals surface area contributed by atoms with Crippen molar-refractivity contribution in [1.82, 2.24) is 20.2 Å². The van der Waals surface area contributed by atoms with Crippen molar-refractivity contribution in [3.05, 3.63) is 18.7 Å². The van der Waals surface area contributed by atoms with Crippen LogP contribution in [0.1, 0.15) is 6.42 Å². The fourth-order valence-corrected chi connectivity index (χ4v) is 1.20. The highest BCUT2D eigenvalue weighted by Gasteiger charge is 1.92. The lowest BCUT2D eigenvalue weighted by atomic mass is 10.4. The first-order valence-electron chi connectivity index (χ1n) is 4.99. The Balaban J connectivity index is 1.87. The standard InChI is InChI=1S/C9H17N5O/c10-9(15)13-4-3-11-2-1-6-14-7-5-12-8-14/h5,7-8,11H,1-4,6H2,(H3,10,13,15). The van der Waals surface area contributed by atoms with Crippen molar-refractivity contribution in [2.45, 2.75) is 13.0 Å². The summed E-state index contributed by atoms with van der Waals surface area (Å²) in [5, 5.41) is 5.71. The van der Waals surface area contributed by atoms with Gasteiger partial charge in [0.2, 0.25) is 0 Å². The number of primary amides is 1. The molecule has 0 bridgehead atoms. The molecule has 1 aromatic heterocycles. The maximum Gasteiger partial charge on any atom is 0.312 e. The van der Waals surface area contributed by atoms with Crippen LogP contribution < -0.4 is 16.4 Å². The smallest absolute Gasteiger partial charge is 0.312 e. The molecule has 4 N–H and O–H groups in total. The van der Waals surface area contributed by atoms with E-state index in [1.807, 2.05) is 10.8 Å². The van der Waals surface area contributed by atoms with Gasteiger partial charge in [-0.3, -0.25) is 0 Å². The number of nitrogens with two attached hydrogens (primary N) is 1. The minimum Gasteiger partial charge on any atom is -0.352 e. The van der Waals surface area contributed by atoms with Gasteiger partial charge in [0, 0.05) is 32.0 Å². The maximum atomic E-state index is 10.3. The Hall–Kier alpha value is -1.56. The number of nitrogens with one attached hydrogen (secondary N) is 2. The highest BCUT2D eigenvalue weighted by atomic mass is 16.2. The van der Waals surface area contributed by atoms with E-state index in [1.54, 1.807) is 12.5 Å². The molecule has 0 atom stereocenters. The summed E-state index contributed by atoms with van der Waals surface area (Å²) >= 11 is 0. The van der Waals surface area contributed by atoms with E-state index in [4.69, 9.17) is 5.73 Å². The summed E-state index contributed by atoms with van der Waals surface area (Å²) in [6.45, 7) is 3.18. The molecule has 0 saturated heterocycles. The van der Waals surface area contributed by atoms with E-state index in [9.17, 15) is 4.79 Å². The average Bonchev–Trinajstić information content (AvgIpc) is 2.68. The molecule has 0 saturated carbocycles. The molecule has 0 aliphatic heterocycles. The van der Waals surface area contributed by atoms with E-state index in [0.29, 0.717) is 6.54 Å². The summed E-state index contributed by atoms with van der Waals surface area (Å²) in [6.07, 6.45) is 6.54. The van der Waals surface area contributed by atoms with Gasteiger partial charge in [0.15, 0.2) is 0 Å². The molecule has 1 rings (SSSR count). The van der Waals surface area contributed by atoms with Gasteiger partial charge in [0.25, 0.3) is 0 Å². The summed E-state index contributed by atoms with van der Waals surface area (Å²) < 4.78 is 2.03. The highest BCUT2D eigenvalue weighted by Crippen LogP contribution is 1.88. The predicted molar refractivity (Wildman–Crippen MR) is 57.3 cm³/mol. The number of imidazole rings is 1. The molecule has 84 valence electrons. The molecule has 1 aromatic rings. The zero-order valence-corrected chi connectivity index (χ0v) is 8.65. The molecule has 0 fully saturated rings. The number of amides is 2. The summed E-state index contributed by atoms with van der Waals surface area (Å²) in [7, 11) is 0. The van der Waals surface area contributed by atoms with Gasteiger partial charge >= 0.3 is 6.03 Å². The fraction of sp³-hybridized carbons (Fsp3) is 0.556. The van der Waals surface area contributed by atoms with Crippen LogP contribution in [0, 0.1) is 0 Å². The average molecular weight is 211 g/mol. The van der Waals surface area contributed by atoms with Gasteiger partial charge in [-0.2, -0.15) is 0 Å². The number of carbonyl (C=O) groups excluding carboxylic acids is 1. The molecule has 15 heavy (non-hydrogen) atoms. The number of urea groups is 1. The Morgan fingerprint density at radius 1 is 1.40 bits per heavy atom. The molecular formula is C9H17N5O. The molecule has 0 unspecified atom stereocenters. The lowest BCUT2D eigenvalue weighted by molar-refractivity contribution is 0.249. The van der Waals surface area contributed by atoms with E-state index in [-0.39, 0.29) is 0 Å². The van der Waals surface area contributed by atoms with Crippen molar-refractivity contribution in [2.75, 3.05) is 19.6 Å². The Labute approximate surface area is 88.9 Å². The third-order valence-electron chi connectivity index (χ3n) is 1.93. The number of aryl methyl sites for hydroxylation is 1. The number of nitrogens with zero attached hydrogens (tertiary/aromatic N) is 2. The van der Waals surface area contributed by atoms with Gasteiger partial charge in [-0.25, -0.2) is 9.78 Å². The van der Waals surface area contributed by atoms with Gasteiger partial charge in [0.1, 0.15) is 0 Å². The third-order valence-corrected chi connectivity index (χ3v) is 1.93. The van der Waals surface area contributed by atoms with Crippen molar-refractivity contribution in [3.63, 3.8) is 0 Å². The minimum atomic E-state index is -0.477. The van der Waals surface area contributed by atoms with Crippen molar-refractivity contribution in [2.24, 2.45) is 5.73 Å². The zero-order chi connectivity index (χ0) is 10.9. The third kappa shape index (κ3) is 5.69. The van der Waals surface area contributed by atoms with Crippen molar-refractivity contribution >= 4 is 6.03 Å². The molecule has 6 nitrogen and oxygen atoms in total. The van der Waals surface area contributed by atoms with Crippen molar-refractivity contribution in [3.8, 4) is 0 Å². The first kappa shape index (κ1) is 11.5. The Bertz CT molecular complexity index is 272. The lowest BCUT2D eigenvalue weighted by Crippen LogP contribution is -2.35. The van der Waals surface area contributed by atoms with Gasteiger partial charge in [-0.1, -0.05) is 0 Å². The van der Waals surface area contributed by atoms with Gasteiger partial charge in [-0.05, 0) is 13.0 Å². The maximum absolute atomic E-state index is 10.3. The van der Waals surface area contributed by atoms with Crippen LogP contribution in [0.3, 0.4) is 0 Å². The zero-order valence-electron chi connectivity index (χ0n) is 8.65. The predicted octanol–water partition coefficient (Wildman–Crippen LogP) is -0.469. The van der Waals surface area contributed by atoms with E-state index in [0.717, 1.165) is 26.1 Å². The monoisotopic (exact) mass is 211 g/mol. The van der Waals surface area contributed by atoms with E-state index in [2.05, 4.69) is 15.6 Å². The molecule has 2 amide bonds. The number of carbonyl (C=O) groups is 1. The molecule has 0 aliphatic carbocycles. The fourth-order valence-electron chi connectivity index (χ4n) is 1.20. The number of hydrogen-bond donors (Lipinski definition) is 3. The Morgan fingerprint density at radius 2 is 2.27 bits per heavy atom. The molecule has 6 heteroatoms. The first-order chi connectivity index (χ1) is 7.29. The molecule has 0 aliphatic rings. The lowest BCUT2D eigenvalue weighted by Gasteiger charge is -2.05. The van der Waals surface area contributed by atoms with E-state index >= 15 is 0 Å². The number of aromatic nitrogens is 2. The van der Waals surface area contributed by atoms with Crippen LogP contribution in [0.15, 0.2) is 18.7 Å². The highest BCUT2D eigenvalue weighted by molar-refractivity contribution is 5.71. The van der Waals surface area contributed by atoms with Gasteiger partial charge in [-0.15, -0.1) is 0 Å². The van der Waals surface area contributed by atoms with E-state index in [1.165, 1.54) is 0 Å². The van der Waals surface area contributed by atoms with Crippen LogP contribution in [0.5, 0.6) is 0 Å². The van der Waals surface area contributed by atoms with Crippen LogP contribution in [0.25, 0.3) is 0 Å². The van der Waals surface area contributed by atoms with Crippen LogP contribution in [0.2, 0.25) is 0 Å². The van der Waals surface area contributed by atoms with Crippen LogP contribution in [-0.2, 0) is 6.54 Å². The van der Waals surface area contributed by atoms with Crippen molar-refractivity contribution in [1.29, 1.82) is 0 Å². The summed E-state index contributed by atoms with van der Waals surface area (Å²) in [6, 6.07) is -0.477.